The highest BCUT2D eigenvalue weighted by Gasteiger charge is 2.60. The fourth-order valence-corrected chi connectivity index (χ4v) is 5.86. The van der Waals surface area contributed by atoms with Gasteiger partial charge in [-0.3, -0.25) is 0 Å². The van der Waals surface area contributed by atoms with Crippen LogP contribution in [0.4, 0.5) is 0 Å². The Morgan fingerprint density at radius 3 is 2.62 bits per heavy atom. The molecule has 1 N–H and O–H groups in total. The molecule has 3 saturated carbocycles. The molecule has 0 aromatic rings. The monoisotopic (exact) mass is 218 g/mol. The largest absolute Gasteiger partial charge is 0.393 e. The van der Waals surface area contributed by atoms with Crippen LogP contribution >= 0.6 is 0 Å². The highest BCUT2D eigenvalue weighted by molar-refractivity contribution is 5.20. The third-order valence-electron chi connectivity index (χ3n) is 6.05. The van der Waals surface area contributed by atoms with E-state index in [1.807, 2.05) is 6.92 Å². The highest BCUT2D eigenvalue weighted by atomic mass is 16.3. The Labute approximate surface area is 97.9 Å². The van der Waals surface area contributed by atoms with Crippen molar-refractivity contribution >= 4 is 0 Å². The van der Waals surface area contributed by atoms with Crippen molar-refractivity contribution in [2.45, 2.75) is 38.7 Å². The van der Waals surface area contributed by atoms with E-state index in [1.165, 1.54) is 19.3 Å². The van der Waals surface area contributed by atoms with E-state index in [0.29, 0.717) is 0 Å². The highest BCUT2D eigenvalue weighted by Crippen LogP contribution is 2.67. The molecule has 4 aliphatic carbocycles. The van der Waals surface area contributed by atoms with E-state index in [0.717, 1.165) is 47.8 Å². The van der Waals surface area contributed by atoms with E-state index >= 15 is 0 Å². The summed E-state index contributed by atoms with van der Waals surface area (Å²) in [4.78, 5) is 0. The smallest absolute Gasteiger partial charge is 0.0514 e. The molecular weight excluding hydrogens is 196 g/mol. The van der Waals surface area contributed by atoms with E-state index in [-0.39, 0.29) is 6.10 Å². The zero-order valence-electron chi connectivity index (χ0n) is 10.0. The van der Waals surface area contributed by atoms with Crippen molar-refractivity contribution in [1.82, 2.24) is 0 Å². The van der Waals surface area contributed by atoms with Gasteiger partial charge in [0.2, 0.25) is 0 Å². The lowest BCUT2D eigenvalue weighted by atomic mass is 9.68. The molecule has 0 spiro atoms. The third-order valence-corrected chi connectivity index (χ3v) is 6.05. The van der Waals surface area contributed by atoms with Gasteiger partial charge in [0.25, 0.3) is 0 Å². The second kappa shape index (κ2) is 3.13. The van der Waals surface area contributed by atoms with Crippen molar-refractivity contribution < 1.29 is 5.11 Å². The first-order chi connectivity index (χ1) is 7.74. The number of aliphatic hydroxyl groups is 1. The molecule has 88 valence electrons. The average Bonchev–Trinajstić information content (AvgIpc) is 2.93. The first-order valence-electron chi connectivity index (χ1n) is 7.10. The van der Waals surface area contributed by atoms with Crippen LogP contribution < -0.4 is 0 Å². The Kier molecular flexibility index (Phi) is 1.90. The molecule has 4 rings (SSSR count). The molecule has 0 amide bonds. The predicted octanol–water partition coefficient (Wildman–Crippen LogP) is 2.85. The fraction of sp³-hybridized carbons (Fsp3) is 0.867. The molecule has 1 heteroatoms. The lowest BCUT2D eigenvalue weighted by Crippen LogP contribution is -2.32. The van der Waals surface area contributed by atoms with E-state index in [4.69, 9.17) is 0 Å². The van der Waals surface area contributed by atoms with Crippen LogP contribution in [0.15, 0.2) is 12.2 Å². The van der Waals surface area contributed by atoms with Crippen molar-refractivity contribution in [3.63, 3.8) is 0 Å². The Balaban J connectivity index is 1.59. The van der Waals surface area contributed by atoms with Crippen LogP contribution in [0.2, 0.25) is 0 Å². The van der Waals surface area contributed by atoms with Crippen LogP contribution in [0.25, 0.3) is 0 Å². The molecule has 4 bridgehead atoms. The summed E-state index contributed by atoms with van der Waals surface area (Å²) in [6.45, 7) is 1.96. The number of fused-ring (bicyclic) bond motifs is 9. The zero-order chi connectivity index (χ0) is 10.9. The second-order valence-electron chi connectivity index (χ2n) is 6.84. The molecule has 16 heavy (non-hydrogen) atoms. The molecule has 0 radical (unpaired) electrons. The maximum absolute atomic E-state index is 9.60. The van der Waals surface area contributed by atoms with Crippen molar-refractivity contribution in [3.8, 4) is 0 Å². The summed E-state index contributed by atoms with van der Waals surface area (Å²) in [6.07, 6.45) is 10.4. The topological polar surface area (TPSA) is 20.2 Å². The number of rotatable bonds is 2. The van der Waals surface area contributed by atoms with Gasteiger partial charge in [0.05, 0.1) is 6.10 Å². The van der Waals surface area contributed by atoms with Gasteiger partial charge in [-0.1, -0.05) is 12.2 Å². The Hall–Kier alpha value is -0.300. The Morgan fingerprint density at radius 1 is 1.12 bits per heavy atom. The van der Waals surface area contributed by atoms with Gasteiger partial charge in [-0.15, -0.1) is 0 Å². The molecule has 1 nitrogen and oxygen atoms in total. The zero-order valence-corrected chi connectivity index (χ0v) is 10.0. The minimum absolute atomic E-state index is 0.0862. The molecule has 4 aliphatic rings. The van der Waals surface area contributed by atoms with Crippen molar-refractivity contribution in [1.29, 1.82) is 0 Å². The Bertz CT molecular complexity index is 332. The summed E-state index contributed by atoms with van der Waals surface area (Å²) < 4.78 is 0. The lowest BCUT2D eigenvalue weighted by Gasteiger charge is -2.37. The SMILES string of the molecule is CC(O)CC1CC2CC1C1C3C=CC(C3)C21. The summed E-state index contributed by atoms with van der Waals surface area (Å²) in [5, 5.41) is 9.60. The van der Waals surface area contributed by atoms with Gasteiger partial charge in [-0.05, 0) is 74.0 Å². The van der Waals surface area contributed by atoms with Crippen LogP contribution in [0.3, 0.4) is 0 Å². The van der Waals surface area contributed by atoms with Gasteiger partial charge in [-0.2, -0.15) is 0 Å². The number of hydrogen-bond donors (Lipinski definition) is 1. The normalized spacial score (nSPS) is 58.2. The minimum atomic E-state index is -0.0862. The molecule has 8 unspecified atom stereocenters. The average molecular weight is 218 g/mol. The minimum Gasteiger partial charge on any atom is -0.393 e. The molecule has 3 fully saturated rings. The maximum Gasteiger partial charge on any atom is 0.0514 e. The number of hydrogen-bond acceptors (Lipinski definition) is 1. The van der Waals surface area contributed by atoms with E-state index in [9.17, 15) is 5.11 Å². The lowest BCUT2D eigenvalue weighted by molar-refractivity contribution is 0.0945. The first kappa shape index (κ1) is 9.70. The van der Waals surface area contributed by atoms with Gasteiger partial charge >= 0.3 is 0 Å². The van der Waals surface area contributed by atoms with E-state index < -0.39 is 0 Å². The quantitative estimate of drug-likeness (QED) is 0.558. The van der Waals surface area contributed by atoms with Gasteiger partial charge in [-0.25, -0.2) is 0 Å². The van der Waals surface area contributed by atoms with Gasteiger partial charge in [0.15, 0.2) is 0 Å². The van der Waals surface area contributed by atoms with Gasteiger partial charge < -0.3 is 5.11 Å². The summed E-state index contributed by atoms with van der Waals surface area (Å²) in [5.41, 5.74) is 0. The Morgan fingerprint density at radius 2 is 1.88 bits per heavy atom. The molecule has 0 heterocycles. The fourth-order valence-electron chi connectivity index (χ4n) is 5.86. The predicted molar refractivity (Wildman–Crippen MR) is 63.7 cm³/mol. The van der Waals surface area contributed by atoms with Crippen LogP contribution in [0, 0.1) is 41.4 Å². The maximum atomic E-state index is 9.60. The molecular formula is C15H22O. The summed E-state index contributed by atoms with van der Waals surface area (Å²) in [7, 11) is 0. The van der Waals surface area contributed by atoms with E-state index in [2.05, 4.69) is 12.2 Å². The number of aliphatic hydroxyl groups excluding tert-OH is 1. The van der Waals surface area contributed by atoms with Crippen LogP contribution in [0.1, 0.15) is 32.6 Å². The van der Waals surface area contributed by atoms with Gasteiger partial charge in [0, 0.05) is 0 Å². The van der Waals surface area contributed by atoms with E-state index in [1.54, 1.807) is 0 Å². The first-order valence-corrected chi connectivity index (χ1v) is 7.10. The van der Waals surface area contributed by atoms with Crippen LogP contribution in [-0.2, 0) is 0 Å². The van der Waals surface area contributed by atoms with Crippen LogP contribution in [0.5, 0.6) is 0 Å². The van der Waals surface area contributed by atoms with Gasteiger partial charge in [0.1, 0.15) is 0 Å². The van der Waals surface area contributed by atoms with Crippen molar-refractivity contribution in [2.24, 2.45) is 41.4 Å². The third kappa shape index (κ3) is 1.11. The standard InChI is InChI=1S/C15H22O/c1-8(16)4-11-6-12-7-13(11)15-10-3-2-9(5-10)14(12)15/h2-3,8-16H,4-7H2,1H3. The number of allylic oxidation sites excluding steroid dienone is 2. The summed E-state index contributed by atoms with van der Waals surface area (Å²) in [6, 6.07) is 0. The van der Waals surface area contributed by atoms with Crippen molar-refractivity contribution in [2.75, 3.05) is 0 Å². The molecule has 0 aromatic carbocycles. The second-order valence-corrected chi connectivity index (χ2v) is 6.84. The molecule has 0 aromatic heterocycles. The summed E-state index contributed by atoms with van der Waals surface area (Å²) >= 11 is 0. The van der Waals surface area contributed by atoms with Crippen molar-refractivity contribution in [3.05, 3.63) is 12.2 Å². The molecule has 0 aliphatic heterocycles. The molecule has 8 atom stereocenters. The van der Waals surface area contributed by atoms with Crippen LogP contribution in [-0.4, -0.2) is 11.2 Å². The molecule has 0 saturated heterocycles. The summed E-state index contributed by atoms with van der Waals surface area (Å²) in [5.74, 6) is 6.74.